The van der Waals surface area contributed by atoms with E-state index >= 15 is 0 Å². The molecule has 2 amide bonds. The molecule has 1 spiro atoms. The second-order valence-electron chi connectivity index (χ2n) is 10.2. The quantitative estimate of drug-likeness (QED) is 0.735. The lowest BCUT2D eigenvalue weighted by Crippen LogP contribution is -2.50. The van der Waals surface area contributed by atoms with Gasteiger partial charge in [-0.1, -0.05) is 0 Å². The van der Waals surface area contributed by atoms with Crippen LogP contribution in [-0.4, -0.2) is 64.9 Å². The van der Waals surface area contributed by atoms with Crippen molar-refractivity contribution in [2.75, 3.05) is 29.4 Å². The first-order valence-corrected chi connectivity index (χ1v) is 12.1. The molecule has 0 unspecified atom stereocenters. The maximum atomic E-state index is 13.6. The summed E-state index contributed by atoms with van der Waals surface area (Å²) in [6.45, 7) is 8.23. The maximum Gasteiger partial charge on any atom is 0.412 e. The van der Waals surface area contributed by atoms with Crippen molar-refractivity contribution in [3.8, 4) is 0 Å². The van der Waals surface area contributed by atoms with Gasteiger partial charge in [0.2, 0.25) is 5.91 Å². The molecular weight excluding hydrogens is 406 g/mol. The van der Waals surface area contributed by atoms with Crippen LogP contribution in [0.15, 0.2) is 18.2 Å². The molecule has 0 aromatic heterocycles. The summed E-state index contributed by atoms with van der Waals surface area (Å²) in [4.78, 5) is 31.1. The molecule has 2 N–H and O–H groups in total. The number of aliphatic hydroxyl groups excluding tert-OH is 1. The third-order valence-electron chi connectivity index (χ3n) is 7.75. The number of nitrogens with zero attached hydrogens (tertiary/aromatic N) is 3. The molecule has 3 aliphatic rings. The molecule has 1 atom stereocenters. The molecule has 0 radical (unpaired) electrons. The Balaban J connectivity index is 1.51. The van der Waals surface area contributed by atoms with Gasteiger partial charge in [0, 0.05) is 43.1 Å². The number of carbonyl (C=O) groups is 2. The first-order valence-electron chi connectivity index (χ1n) is 12.1. The molecule has 1 aromatic rings. The van der Waals surface area contributed by atoms with Crippen LogP contribution in [0.25, 0.3) is 0 Å². The number of likely N-dealkylation sites (tertiary alicyclic amines) is 1. The molecule has 1 aromatic carbocycles. The molecule has 2 heterocycles. The average molecular weight is 444 g/mol. The van der Waals surface area contributed by atoms with Crippen LogP contribution in [0, 0.1) is 12.3 Å². The van der Waals surface area contributed by atoms with Gasteiger partial charge >= 0.3 is 6.09 Å². The van der Waals surface area contributed by atoms with Gasteiger partial charge < -0.3 is 20.0 Å². The average Bonchev–Trinajstić information content (AvgIpc) is 3.04. The van der Waals surface area contributed by atoms with Crippen molar-refractivity contribution in [2.24, 2.45) is 5.41 Å². The van der Waals surface area contributed by atoms with Gasteiger partial charge in [0.15, 0.2) is 0 Å². The smallest absolute Gasteiger partial charge is 0.412 e. The van der Waals surface area contributed by atoms with Gasteiger partial charge in [-0.3, -0.25) is 9.69 Å². The molecule has 1 aliphatic carbocycles. The highest BCUT2D eigenvalue weighted by Gasteiger charge is 2.50. The molecule has 2 aliphatic heterocycles. The van der Waals surface area contributed by atoms with Crippen LogP contribution < -0.4 is 9.80 Å². The number of hydrogen-bond acceptors (Lipinski definition) is 4. The Hall–Kier alpha value is -2.28. The number of hydrogen-bond donors (Lipinski definition) is 2. The van der Waals surface area contributed by atoms with Crippen LogP contribution in [0.5, 0.6) is 0 Å². The summed E-state index contributed by atoms with van der Waals surface area (Å²) in [6, 6.07) is 5.98. The Morgan fingerprint density at radius 1 is 1.16 bits per heavy atom. The number of anilines is 2. The largest absolute Gasteiger partial charge is 0.465 e. The zero-order chi connectivity index (χ0) is 23.0. The van der Waals surface area contributed by atoms with Gasteiger partial charge in [0.1, 0.15) is 0 Å². The number of carbonyl (C=O) groups excluding carboxylic acids is 1. The van der Waals surface area contributed by atoms with Crippen molar-refractivity contribution in [2.45, 2.75) is 83.9 Å². The third-order valence-corrected chi connectivity index (χ3v) is 7.75. The number of carboxylic acid groups (broad SMARTS) is 1. The Morgan fingerprint density at radius 3 is 2.50 bits per heavy atom. The Morgan fingerprint density at radius 2 is 1.88 bits per heavy atom. The SMILES string of the molecule is Cc1cc(N(C(=O)O)C(C)C)ccc1N1CCC[C@]2(CCN(C3CCC(O)CC3)C2=O)C1. The molecule has 0 bridgehead atoms. The van der Waals surface area contributed by atoms with E-state index in [1.54, 1.807) is 0 Å². The van der Waals surface area contributed by atoms with Crippen molar-refractivity contribution in [3.63, 3.8) is 0 Å². The van der Waals surface area contributed by atoms with Crippen molar-refractivity contribution in [1.29, 1.82) is 0 Å². The molecule has 4 rings (SSSR count). The van der Waals surface area contributed by atoms with Gasteiger partial charge in [-0.25, -0.2) is 4.79 Å². The second kappa shape index (κ2) is 8.93. The molecule has 1 saturated carbocycles. The highest BCUT2D eigenvalue weighted by Crippen LogP contribution is 2.44. The summed E-state index contributed by atoms with van der Waals surface area (Å²) < 4.78 is 0. The van der Waals surface area contributed by atoms with Crippen molar-refractivity contribution >= 4 is 23.4 Å². The molecule has 32 heavy (non-hydrogen) atoms. The predicted molar refractivity (Wildman–Crippen MR) is 125 cm³/mol. The lowest BCUT2D eigenvalue weighted by molar-refractivity contribution is -0.139. The van der Waals surface area contributed by atoms with Crippen molar-refractivity contribution in [1.82, 2.24) is 4.90 Å². The fourth-order valence-corrected chi connectivity index (χ4v) is 6.06. The minimum Gasteiger partial charge on any atom is -0.465 e. The van der Waals surface area contributed by atoms with Crippen LogP contribution in [0.2, 0.25) is 0 Å². The standard InChI is InChI=1S/C25H37N3O4/c1-17(2)28(24(31)32)20-7-10-22(18(3)15-20)26-13-4-11-25(16-26)12-14-27(23(25)30)19-5-8-21(29)9-6-19/h7,10,15,17,19,21,29H,4-6,8-9,11-14,16H2,1-3H3,(H,31,32)/t19?,21?,25-/m0/s1. The molecule has 7 nitrogen and oxygen atoms in total. The van der Waals surface area contributed by atoms with Crippen molar-refractivity contribution < 1.29 is 19.8 Å². The molecule has 176 valence electrons. The van der Waals surface area contributed by atoms with E-state index < -0.39 is 6.09 Å². The van der Waals surface area contributed by atoms with E-state index in [1.165, 1.54) is 4.90 Å². The summed E-state index contributed by atoms with van der Waals surface area (Å²) >= 11 is 0. The van der Waals surface area contributed by atoms with Crippen LogP contribution in [0.3, 0.4) is 0 Å². The van der Waals surface area contributed by atoms with Gasteiger partial charge in [-0.15, -0.1) is 0 Å². The monoisotopic (exact) mass is 443 g/mol. The summed E-state index contributed by atoms with van der Waals surface area (Å²) in [5.74, 6) is 0.301. The first-order chi connectivity index (χ1) is 15.2. The summed E-state index contributed by atoms with van der Waals surface area (Å²) in [7, 11) is 0. The van der Waals surface area contributed by atoms with E-state index in [-0.39, 0.29) is 23.6 Å². The normalized spacial score (nSPS) is 28.6. The number of aliphatic hydroxyl groups is 1. The zero-order valence-electron chi connectivity index (χ0n) is 19.6. The van der Waals surface area contributed by atoms with E-state index in [0.29, 0.717) is 11.6 Å². The fourth-order valence-electron chi connectivity index (χ4n) is 6.06. The van der Waals surface area contributed by atoms with Crippen LogP contribution in [0.4, 0.5) is 16.2 Å². The van der Waals surface area contributed by atoms with E-state index in [1.807, 2.05) is 39.0 Å². The minimum absolute atomic E-state index is 0.140. The fraction of sp³-hybridized carbons (Fsp3) is 0.680. The molecule has 7 heteroatoms. The number of rotatable bonds is 4. The molecule has 2 saturated heterocycles. The zero-order valence-corrected chi connectivity index (χ0v) is 19.6. The van der Waals surface area contributed by atoms with E-state index in [4.69, 9.17) is 0 Å². The highest BCUT2D eigenvalue weighted by molar-refractivity contribution is 5.88. The van der Waals surface area contributed by atoms with Gasteiger partial charge in [-0.2, -0.15) is 0 Å². The predicted octanol–water partition coefficient (Wildman–Crippen LogP) is 4.01. The van der Waals surface area contributed by atoms with E-state index in [0.717, 1.165) is 75.8 Å². The second-order valence-corrected chi connectivity index (χ2v) is 10.2. The number of benzene rings is 1. The lowest BCUT2D eigenvalue weighted by atomic mass is 9.78. The molecule has 3 fully saturated rings. The lowest BCUT2D eigenvalue weighted by Gasteiger charge is -2.42. The van der Waals surface area contributed by atoms with Gasteiger partial charge in [0.05, 0.1) is 11.5 Å². The van der Waals surface area contributed by atoms with Crippen LogP contribution >= 0.6 is 0 Å². The van der Waals surface area contributed by atoms with Gasteiger partial charge in [-0.05, 0) is 89.5 Å². The number of piperidine rings is 1. The summed E-state index contributed by atoms with van der Waals surface area (Å²) in [5, 5.41) is 19.4. The van der Waals surface area contributed by atoms with Crippen LogP contribution in [-0.2, 0) is 4.79 Å². The maximum absolute atomic E-state index is 13.6. The molecular formula is C25H37N3O4. The third kappa shape index (κ3) is 4.19. The van der Waals surface area contributed by atoms with Crippen LogP contribution in [0.1, 0.15) is 64.4 Å². The Labute approximate surface area is 191 Å². The van der Waals surface area contributed by atoms with E-state index in [9.17, 15) is 19.8 Å². The van der Waals surface area contributed by atoms with E-state index in [2.05, 4.69) is 9.80 Å². The number of amides is 2. The summed E-state index contributed by atoms with van der Waals surface area (Å²) in [6.07, 6.45) is 5.07. The topological polar surface area (TPSA) is 84.3 Å². The Kier molecular flexibility index (Phi) is 6.39. The first kappa shape index (κ1) is 22.9. The Bertz CT molecular complexity index is 865. The van der Waals surface area contributed by atoms with Crippen molar-refractivity contribution in [3.05, 3.63) is 23.8 Å². The number of aryl methyl sites for hydroxylation is 1. The summed E-state index contributed by atoms with van der Waals surface area (Å²) in [5.41, 5.74) is 2.50. The minimum atomic E-state index is -0.948. The highest BCUT2D eigenvalue weighted by atomic mass is 16.4. The van der Waals surface area contributed by atoms with Gasteiger partial charge in [0.25, 0.3) is 0 Å².